The molecule has 4 aliphatic rings. The summed E-state index contributed by atoms with van der Waals surface area (Å²) in [5.74, 6) is 3.99. The van der Waals surface area contributed by atoms with E-state index in [-0.39, 0.29) is 96.0 Å². The minimum atomic E-state index is -0.125. The van der Waals surface area contributed by atoms with Crippen LogP contribution in [-0.4, -0.2) is 34.7 Å². The van der Waals surface area contributed by atoms with Crippen LogP contribution in [0.4, 0.5) is 22.7 Å². The second-order valence-corrected chi connectivity index (χ2v) is 38.4. The van der Waals surface area contributed by atoms with Crippen LogP contribution in [0.2, 0.25) is 0 Å². The van der Waals surface area contributed by atoms with E-state index in [1.54, 1.807) is 0 Å². The van der Waals surface area contributed by atoms with Crippen LogP contribution in [0, 0.1) is 50.1 Å². The van der Waals surface area contributed by atoms with E-state index in [1.807, 2.05) is 110 Å². The number of aryl methyl sites for hydroxylation is 2. The molecule has 12 aromatic carbocycles. The Bertz CT molecular complexity index is 6840. The molecule has 4 atom stereocenters. The Morgan fingerprint density at radius 1 is 0.384 bits per heavy atom. The number of hydrogen-bond donors (Lipinski definition) is 1. The number of aromatic nitrogens is 1. The molecule has 0 bridgehead atoms. The monoisotopic (exact) mass is 2360 g/mol. The van der Waals surface area contributed by atoms with Crippen LogP contribution < -0.4 is 0 Å². The number of fused-ring (bicyclic) bond motifs is 7. The molecule has 0 aliphatic carbocycles. The summed E-state index contributed by atoms with van der Waals surface area (Å²) >= 11 is 0. The van der Waals surface area contributed by atoms with Crippen LogP contribution in [-0.2, 0) is 71.5 Å². The number of benzene rings is 12. The van der Waals surface area contributed by atoms with Gasteiger partial charge >= 0.3 is 0 Å². The number of furan rings is 2. The molecular weight excluding hydrogens is 2230 g/mol. The first kappa shape index (κ1) is 107. The van der Waals surface area contributed by atoms with Crippen LogP contribution in [0.15, 0.2) is 327 Å². The molecule has 15 aromatic rings. The van der Waals surface area contributed by atoms with Gasteiger partial charge in [0.05, 0.1) is 36.1 Å². The zero-order valence-corrected chi connectivity index (χ0v) is 90.8. The minimum absolute atomic E-state index is 0. The van der Waals surface area contributed by atoms with Gasteiger partial charge in [0.25, 0.3) is 0 Å². The molecule has 0 saturated heterocycles. The van der Waals surface area contributed by atoms with E-state index >= 15 is 0 Å². The predicted octanol–water partition coefficient (Wildman–Crippen LogP) is 34.7. The van der Waals surface area contributed by atoms with Gasteiger partial charge in [-0.3, -0.25) is 9.78 Å². The quantitative estimate of drug-likeness (QED) is 0.0350. The Hall–Kier alpha value is -11.8. The van der Waals surface area contributed by atoms with Crippen LogP contribution in [0.1, 0.15) is 293 Å². The van der Waals surface area contributed by atoms with E-state index < -0.39 is 0 Å². The third kappa shape index (κ3) is 24.5. The fourth-order valence-electron chi connectivity index (χ4n) is 18.9. The number of hydrogen-bond acceptors (Lipinski definition) is 9. The standard InChI is InChI=1S/2C27H26N2O.2C21H24N2.C21H22N.C5H8O2.3Ir/c1-17(2)21-16-22-20-12-8-9-13-24(20)30-27(22)25(18(3)4)26(21)23-14-15-28-29(23)19-10-6-5-7-11-19;1-17(2)21-16-22(18(3)4)27-26(20-12-8-9-13-24(20)30-27)25(21)23-14-15-28-29(23)19-10-6-5-7-11-19;2*1-15(2)18-11-8-12-19(16(3)4)21(18)20-13-14-22-23(20)17-9-6-5-7-10-17;1-14(2)10-17-6-5-7-21-19(17)8-9-20(22-21)18-12-15(3)11-16(4)13-18;1-4(6)3-5(2)7;;;/h2*5-10,12-18,23H,1-4H3;2*5-9,11-16,20H,1-4H3;5-9,11-12,14H,10H2,1-4H3;3,6H,1-2H3;;;/q;;;;-1;;;;. The maximum Gasteiger partial charge on any atom is 0.229 e. The number of pyridine rings is 1. The number of nitrogens with zero attached hydrogens (tertiary/aromatic N) is 9. The molecule has 16 heteroatoms. The molecule has 7 heterocycles. The molecular formula is C122H130Ir3N9O4-. The fraction of sp³-hybridized carbons (Fsp3) is 0.295. The Balaban J connectivity index is 0.000000162. The van der Waals surface area contributed by atoms with Gasteiger partial charge in [-0.05, 0) is 168 Å². The molecule has 0 spiro atoms. The summed E-state index contributed by atoms with van der Waals surface area (Å²) < 4.78 is 21.2. The molecule has 3 aromatic heterocycles. The Morgan fingerprint density at radius 3 is 1.17 bits per heavy atom. The summed E-state index contributed by atoms with van der Waals surface area (Å²) in [6, 6.07) is 99.0. The van der Waals surface area contributed by atoms with Crippen molar-refractivity contribution >= 4 is 83.3 Å². The van der Waals surface area contributed by atoms with Crippen molar-refractivity contribution in [2.45, 2.75) is 230 Å². The van der Waals surface area contributed by atoms with Gasteiger partial charge < -0.3 is 13.9 Å². The normalized spacial score (nSPS) is 15.2. The third-order valence-corrected chi connectivity index (χ3v) is 24.9. The molecule has 19 rings (SSSR count). The average Bonchev–Trinajstić information content (AvgIpc) is 1.57. The zero-order valence-electron chi connectivity index (χ0n) is 83.6. The molecule has 715 valence electrons. The van der Waals surface area contributed by atoms with Gasteiger partial charge in [-0.2, -0.15) is 72.8 Å². The van der Waals surface area contributed by atoms with Gasteiger partial charge in [0.2, 0.25) is 24.2 Å². The number of ketones is 1. The number of rotatable bonds is 20. The number of carbonyl (C=O) groups excluding carboxylic acids is 1. The first-order valence-corrected chi connectivity index (χ1v) is 48.0. The average molecular weight is 2360 g/mol. The van der Waals surface area contributed by atoms with Crippen LogP contribution in [0.5, 0.6) is 0 Å². The Labute approximate surface area is 858 Å². The second kappa shape index (κ2) is 48.6. The second-order valence-electron chi connectivity index (χ2n) is 38.4. The van der Waals surface area contributed by atoms with Crippen molar-refractivity contribution in [2.75, 3.05) is 0 Å². The molecule has 4 unspecified atom stereocenters. The van der Waals surface area contributed by atoms with Crippen molar-refractivity contribution < 1.29 is 97.8 Å². The Kier molecular flexibility index (Phi) is 37.6. The summed E-state index contributed by atoms with van der Waals surface area (Å²) in [7, 11) is 0. The molecule has 138 heavy (non-hydrogen) atoms. The van der Waals surface area contributed by atoms with E-state index in [9.17, 15) is 4.79 Å². The maximum absolute atomic E-state index is 10.0. The number of aliphatic hydroxyl groups excluding tert-OH is 1. The topological polar surface area (TPSA) is 138 Å². The number of aliphatic hydroxyl groups is 1. The van der Waals surface area contributed by atoms with Crippen LogP contribution in [0.3, 0.4) is 0 Å². The van der Waals surface area contributed by atoms with Crippen molar-refractivity contribution in [1.82, 2.24) is 4.98 Å². The number of azo groups is 8. The van der Waals surface area contributed by atoms with Crippen LogP contribution >= 0.6 is 0 Å². The zero-order chi connectivity index (χ0) is 96.0. The van der Waals surface area contributed by atoms with E-state index in [0.717, 1.165) is 73.8 Å². The van der Waals surface area contributed by atoms with Gasteiger partial charge in [0.15, 0.2) is 5.78 Å². The van der Waals surface area contributed by atoms with Gasteiger partial charge in [0.1, 0.15) is 45.1 Å². The summed E-state index contributed by atoms with van der Waals surface area (Å²) in [5, 5.41) is 32.9. The summed E-state index contributed by atoms with van der Waals surface area (Å²) in [6.45, 7) is 47.7. The van der Waals surface area contributed by atoms with E-state index in [0.29, 0.717) is 53.3 Å². The summed E-state index contributed by atoms with van der Waals surface area (Å²) in [6.07, 6.45) is 18.6. The number of allylic oxidation sites excluding steroid dienone is 2. The number of para-hydroxylation sites is 6. The van der Waals surface area contributed by atoms with E-state index in [2.05, 4.69) is 384 Å². The van der Waals surface area contributed by atoms with Crippen molar-refractivity contribution in [3.8, 4) is 11.3 Å². The van der Waals surface area contributed by atoms with E-state index in [1.165, 1.54) is 125 Å². The molecule has 1 N–H and O–H groups in total. The molecule has 0 amide bonds. The van der Waals surface area contributed by atoms with Crippen LogP contribution in [0.25, 0.3) is 66.0 Å². The van der Waals surface area contributed by atoms with Gasteiger partial charge in [-0.15, -0.1) is 59.2 Å². The predicted molar refractivity (Wildman–Crippen MR) is 552 cm³/mol. The molecule has 4 aliphatic heterocycles. The van der Waals surface area contributed by atoms with Crippen molar-refractivity contribution in [3.05, 3.63) is 411 Å². The molecule has 3 radical (unpaired) electrons. The minimum Gasteiger partial charge on any atom is -0.512 e. The fourth-order valence-corrected chi connectivity index (χ4v) is 18.9. The first-order valence-electron chi connectivity index (χ1n) is 48.0. The van der Waals surface area contributed by atoms with Gasteiger partial charge in [-0.1, -0.05) is 285 Å². The summed E-state index contributed by atoms with van der Waals surface area (Å²) in [5.41, 5.74) is 31.1. The molecule has 0 saturated carbocycles. The van der Waals surface area contributed by atoms with Gasteiger partial charge in [-0.25, -0.2) is 0 Å². The Morgan fingerprint density at radius 2 is 0.775 bits per heavy atom. The first-order chi connectivity index (χ1) is 65.0. The van der Waals surface area contributed by atoms with E-state index in [4.69, 9.17) is 18.9 Å². The smallest absolute Gasteiger partial charge is 0.229 e. The van der Waals surface area contributed by atoms with Crippen molar-refractivity contribution in [2.24, 2.45) is 26.4 Å². The maximum atomic E-state index is 10.0. The largest absolute Gasteiger partial charge is 0.512 e. The third-order valence-electron chi connectivity index (χ3n) is 24.9. The van der Waals surface area contributed by atoms with Crippen molar-refractivity contribution in [1.29, 1.82) is 0 Å². The van der Waals surface area contributed by atoms with Gasteiger partial charge in [0, 0.05) is 145 Å². The molecule has 0 fully saturated rings. The SMILES string of the molecule is CC(=O)C=C(C)O.CC(C)c1cc(C(C)C)c2oc3ccccc3c2c1C1C=CN=[N+]1c1[c-]cccc1.CC(C)c1cc2c(oc3ccccc32)c(C(C)C)c1C1C=CN=[N+]1c1[c-]cccc1.CC(C)c1cccc(C(C)C)c1C1C=CN=[N+]1c1[c-]cccc1.CC(C)c1cccc(C(C)C)c1C1C=CN=[N+]1c1[c-]cccc1.Cc1[c-]c(-c2ccc3c(CC(C)C)cccc3n2)cc(C)c1.[Ir].[Ir].[Ir]. The van der Waals surface area contributed by atoms with Crippen molar-refractivity contribution in [3.63, 3.8) is 0 Å². The summed E-state index contributed by atoms with van der Waals surface area (Å²) in [4.78, 5) is 14.9. The number of carbonyl (C=O) groups is 1. The molecule has 13 nitrogen and oxygen atoms in total.